The Hall–Kier alpha value is -2.27. The van der Waals surface area contributed by atoms with Gasteiger partial charge >= 0.3 is 6.18 Å². The maximum atomic E-state index is 13.3. The molecule has 2 aromatic rings. The number of sulfone groups is 1. The molecule has 1 aromatic carbocycles. The summed E-state index contributed by atoms with van der Waals surface area (Å²) in [6.07, 6.45) is -3.79. The van der Waals surface area contributed by atoms with E-state index >= 15 is 0 Å². The molecule has 1 amide bonds. The van der Waals surface area contributed by atoms with Crippen molar-refractivity contribution in [1.29, 1.82) is 0 Å². The van der Waals surface area contributed by atoms with Crippen LogP contribution >= 0.6 is 11.6 Å². The van der Waals surface area contributed by atoms with Gasteiger partial charge in [-0.3, -0.25) is 9.48 Å². The minimum absolute atomic E-state index is 0.123. The summed E-state index contributed by atoms with van der Waals surface area (Å²) >= 11 is 6.01. The Morgan fingerprint density at radius 1 is 1.24 bits per heavy atom. The summed E-state index contributed by atoms with van der Waals surface area (Å²) in [4.78, 5) is 12.2. The highest BCUT2D eigenvalue weighted by molar-refractivity contribution is 7.90. The number of ether oxygens (including phenoxy) is 1. The molecule has 1 N–H and O–H groups in total. The quantitative estimate of drug-likeness (QED) is 0.746. The van der Waals surface area contributed by atoms with Crippen molar-refractivity contribution in [3.05, 3.63) is 28.8 Å². The number of nitrogens with one attached hydrogen (secondary N) is 1. The molecule has 12 heteroatoms. The maximum Gasteiger partial charge on any atom is 0.418 e. The molecule has 2 rings (SSSR count). The van der Waals surface area contributed by atoms with Gasteiger partial charge in [0.15, 0.2) is 14.9 Å². The second-order valence-electron chi connectivity index (χ2n) is 7.33. The highest BCUT2D eigenvalue weighted by Crippen LogP contribution is 2.39. The molecule has 0 bridgehead atoms. The van der Waals surface area contributed by atoms with Crippen molar-refractivity contribution in [3.8, 4) is 11.6 Å². The van der Waals surface area contributed by atoms with Crippen LogP contribution in [0.25, 0.3) is 0 Å². The number of alkyl halides is 3. The average Bonchev–Trinajstić information content (AvgIpc) is 2.79. The summed E-state index contributed by atoms with van der Waals surface area (Å²) in [5, 5.41) is 5.48. The van der Waals surface area contributed by atoms with Crippen molar-refractivity contribution in [2.75, 3.05) is 11.6 Å². The summed E-state index contributed by atoms with van der Waals surface area (Å²) in [7, 11) is -2.39. The minimum atomic E-state index is -4.72. The highest BCUT2D eigenvalue weighted by Gasteiger charge is 2.35. The lowest BCUT2D eigenvalue weighted by Gasteiger charge is -2.20. The lowest BCUT2D eigenvalue weighted by molar-refractivity contribution is -0.137. The minimum Gasteiger partial charge on any atom is -0.436 e. The van der Waals surface area contributed by atoms with Gasteiger partial charge in [-0.15, -0.1) is 5.10 Å². The number of hydrogen-bond donors (Lipinski definition) is 1. The monoisotopic (exact) mass is 453 g/mol. The number of nitrogens with zero attached hydrogens (tertiary/aromatic N) is 2. The van der Waals surface area contributed by atoms with Crippen molar-refractivity contribution in [3.63, 3.8) is 0 Å². The molecule has 7 nitrogen and oxygen atoms in total. The summed E-state index contributed by atoms with van der Waals surface area (Å²) in [5.41, 5.74) is -2.51. The normalized spacial score (nSPS) is 12.7. The molecular formula is C17H19ClF3N3O4S. The number of carbonyl (C=O) groups is 1. The summed E-state index contributed by atoms with van der Waals surface area (Å²) in [6, 6.07) is 2.72. The average molecular weight is 454 g/mol. The van der Waals surface area contributed by atoms with Crippen LogP contribution in [0.1, 0.15) is 26.3 Å². The van der Waals surface area contributed by atoms with Gasteiger partial charge in [0.05, 0.1) is 11.3 Å². The number of aryl methyl sites for hydroxylation is 1. The van der Waals surface area contributed by atoms with Gasteiger partial charge in [-0.05, 0) is 12.1 Å². The Labute approximate surface area is 170 Å². The number of carbonyl (C=O) groups excluding carboxylic acids is 1. The van der Waals surface area contributed by atoms with Crippen LogP contribution in [0.3, 0.4) is 0 Å². The molecule has 0 saturated carbocycles. The first-order chi connectivity index (χ1) is 13.0. The second-order valence-corrected chi connectivity index (χ2v) is 9.64. The molecule has 0 aliphatic heterocycles. The molecule has 0 atom stereocenters. The molecule has 0 aliphatic rings. The van der Waals surface area contributed by atoms with E-state index in [9.17, 15) is 26.4 Å². The third kappa shape index (κ3) is 5.21. The number of rotatable bonds is 4. The van der Waals surface area contributed by atoms with Gasteiger partial charge in [0, 0.05) is 24.8 Å². The SMILES string of the molecule is Cn1nc(Oc2ccc(C(F)(F)F)c(NC(=O)C(C)(C)C)c2)c(Cl)c1S(C)(=O)=O. The van der Waals surface area contributed by atoms with Crippen LogP contribution in [0.2, 0.25) is 5.02 Å². The van der Waals surface area contributed by atoms with E-state index in [1.807, 2.05) is 0 Å². The first kappa shape index (κ1) is 23.0. The van der Waals surface area contributed by atoms with Crippen LogP contribution in [0.5, 0.6) is 11.6 Å². The zero-order valence-corrected chi connectivity index (χ0v) is 17.8. The zero-order chi connectivity index (χ0) is 22.4. The van der Waals surface area contributed by atoms with E-state index in [4.69, 9.17) is 16.3 Å². The molecule has 1 aromatic heterocycles. The van der Waals surface area contributed by atoms with Crippen LogP contribution in [0.4, 0.5) is 18.9 Å². The third-order valence-electron chi connectivity index (χ3n) is 3.70. The summed E-state index contributed by atoms with van der Waals surface area (Å²) < 4.78 is 69.9. The second kappa shape index (κ2) is 7.52. The van der Waals surface area contributed by atoms with Gasteiger partial charge < -0.3 is 10.1 Å². The van der Waals surface area contributed by atoms with E-state index in [0.717, 1.165) is 29.1 Å². The zero-order valence-electron chi connectivity index (χ0n) is 16.2. The van der Waals surface area contributed by atoms with E-state index in [0.29, 0.717) is 0 Å². The van der Waals surface area contributed by atoms with E-state index in [1.54, 1.807) is 20.8 Å². The first-order valence-corrected chi connectivity index (χ1v) is 10.4. The van der Waals surface area contributed by atoms with Gasteiger partial charge in [-0.1, -0.05) is 32.4 Å². The summed E-state index contributed by atoms with van der Waals surface area (Å²) in [6.45, 7) is 4.66. The molecule has 0 spiro atoms. The smallest absolute Gasteiger partial charge is 0.418 e. The van der Waals surface area contributed by atoms with Crippen LogP contribution in [-0.2, 0) is 27.9 Å². The third-order valence-corrected chi connectivity index (χ3v) is 5.33. The van der Waals surface area contributed by atoms with Gasteiger partial charge in [-0.25, -0.2) is 8.42 Å². The van der Waals surface area contributed by atoms with Crippen molar-refractivity contribution >= 4 is 33.0 Å². The molecule has 0 unspecified atom stereocenters. The van der Waals surface area contributed by atoms with Crippen LogP contribution in [0.15, 0.2) is 23.2 Å². The largest absolute Gasteiger partial charge is 0.436 e. The lowest BCUT2D eigenvalue weighted by atomic mass is 9.95. The van der Waals surface area contributed by atoms with E-state index < -0.39 is 38.6 Å². The van der Waals surface area contributed by atoms with Gasteiger partial charge in [0.2, 0.25) is 5.91 Å². The molecule has 0 aliphatic carbocycles. The van der Waals surface area contributed by atoms with Gasteiger partial charge in [0.1, 0.15) is 10.8 Å². The molecular weight excluding hydrogens is 435 g/mol. The predicted octanol–water partition coefficient (Wildman–Crippen LogP) is 4.27. The van der Waals surface area contributed by atoms with Gasteiger partial charge in [-0.2, -0.15) is 13.2 Å². The molecule has 160 valence electrons. The highest BCUT2D eigenvalue weighted by atomic mass is 35.5. The number of amides is 1. The van der Waals surface area contributed by atoms with Crippen LogP contribution in [0, 0.1) is 5.41 Å². The van der Waals surface area contributed by atoms with Crippen LogP contribution < -0.4 is 10.1 Å². The molecule has 1 heterocycles. The first-order valence-electron chi connectivity index (χ1n) is 8.15. The fourth-order valence-corrected chi connectivity index (χ4v) is 3.84. The fraction of sp³-hybridized carbons (Fsp3) is 0.412. The van der Waals surface area contributed by atoms with E-state index in [1.165, 1.54) is 7.05 Å². The lowest BCUT2D eigenvalue weighted by Crippen LogP contribution is -2.28. The Balaban J connectivity index is 2.49. The molecule has 29 heavy (non-hydrogen) atoms. The Kier molecular flexibility index (Phi) is 5.97. The topological polar surface area (TPSA) is 90.3 Å². The Morgan fingerprint density at radius 3 is 2.28 bits per heavy atom. The molecule has 0 saturated heterocycles. The summed E-state index contributed by atoms with van der Waals surface area (Å²) in [5.74, 6) is -1.06. The fourth-order valence-electron chi connectivity index (χ4n) is 2.29. The number of hydrogen-bond acceptors (Lipinski definition) is 5. The van der Waals surface area contributed by atoms with Crippen molar-refractivity contribution in [1.82, 2.24) is 9.78 Å². The number of halogens is 4. The van der Waals surface area contributed by atoms with E-state index in [-0.39, 0.29) is 21.7 Å². The molecule has 0 radical (unpaired) electrons. The predicted molar refractivity (Wildman–Crippen MR) is 101 cm³/mol. The molecule has 0 fully saturated rings. The standard InChI is InChI=1S/C17H19ClF3N3O4S/c1-16(2,3)15(25)22-11-8-9(6-7-10(11)17(19,20)21)28-13-12(18)14(24(4)23-13)29(5,26)27/h6-8H,1-5H3,(H,22,25). The van der Waals surface area contributed by atoms with Gasteiger partial charge in [0.25, 0.3) is 5.88 Å². The maximum absolute atomic E-state index is 13.3. The van der Waals surface area contributed by atoms with Crippen molar-refractivity contribution in [2.45, 2.75) is 32.0 Å². The number of aromatic nitrogens is 2. The number of benzene rings is 1. The Morgan fingerprint density at radius 2 is 1.83 bits per heavy atom. The van der Waals surface area contributed by atoms with Crippen molar-refractivity contribution in [2.24, 2.45) is 12.5 Å². The Bertz CT molecular complexity index is 1060. The van der Waals surface area contributed by atoms with E-state index in [2.05, 4.69) is 10.4 Å². The van der Waals surface area contributed by atoms with Crippen molar-refractivity contribution < 1.29 is 31.1 Å². The number of anilines is 1. The van der Waals surface area contributed by atoms with Crippen LogP contribution in [-0.4, -0.2) is 30.4 Å².